The van der Waals surface area contributed by atoms with Crippen molar-refractivity contribution in [3.8, 4) is 0 Å². The maximum Gasteiger partial charge on any atom is 0.230 e. The third kappa shape index (κ3) is 5.47. The summed E-state index contributed by atoms with van der Waals surface area (Å²) in [6.45, 7) is 5.80. The largest absolute Gasteiger partial charge is 0.378 e. The van der Waals surface area contributed by atoms with Gasteiger partial charge in [-0.1, -0.05) is 23.8 Å². The van der Waals surface area contributed by atoms with Crippen molar-refractivity contribution in [2.45, 2.75) is 18.4 Å². The summed E-state index contributed by atoms with van der Waals surface area (Å²) in [5.41, 5.74) is 2.23. The molecule has 5 nitrogen and oxygen atoms in total. The zero-order valence-electron chi connectivity index (χ0n) is 14.4. The van der Waals surface area contributed by atoms with Gasteiger partial charge in [-0.15, -0.1) is 11.8 Å². The van der Waals surface area contributed by atoms with Crippen molar-refractivity contribution >= 4 is 23.5 Å². The third-order valence-corrected chi connectivity index (χ3v) is 5.04. The molecule has 25 heavy (non-hydrogen) atoms. The summed E-state index contributed by atoms with van der Waals surface area (Å²) in [5.74, 6) is 1.42. The first-order chi connectivity index (χ1) is 12.2. The number of nitrogens with one attached hydrogen (secondary N) is 1. The van der Waals surface area contributed by atoms with Crippen LogP contribution in [0.25, 0.3) is 0 Å². The van der Waals surface area contributed by atoms with E-state index in [-0.39, 0.29) is 5.91 Å². The Balaban J connectivity index is 1.43. The molecule has 3 rings (SSSR count). The van der Waals surface area contributed by atoms with Crippen molar-refractivity contribution in [3.05, 3.63) is 53.7 Å². The van der Waals surface area contributed by atoms with Crippen LogP contribution in [-0.4, -0.2) is 42.9 Å². The maximum absolute atomic E-state index is 12.0. The zero-order valence-corrected chi connectivity index (χ0v) is 15.2. The molecule has 0 spiro atoms. The van der Waals surface area contributed by atoms with Gasteiger partial charge in [0.05, 0.1) is 19.0 Å². The zero-order chi connectivity index (χ0) is 17.5. The number of anilines is 1. The summed E-state index contributed by atoms with van der Waals surface area (Å²) in [6.07, 6.45) is 1.83. The smallest absolute Gasteiger partial charge is 0.230 e. The molecule has 1 saturated heterocycles. The molecule has 132 valence electrons. The number of aryl methyl sites for hydroxylation is 1. The lowest BCUT2D eigenvalue weighted by Gasteiger charge is -2.27. The van der Waals surface area contributed by atoms with Crippen LogP contribution in [0.2, 0.25) is 0 Å². The molecule has 2 heterocycles. The summed E-state index contributed by atoms with van der Waals surface area (Å²) < 4.78 is 5.35. The number of carbonyl (C=O) groups excluding carboxylic acids is 1. The molecule has 6 heteroatoms. The molecule has 1 amide bonds. The van der Waals surface area contributed by atoms with Crippen LogP contribution < -0.4 is 10.2 Å². The molecular formula is C19H23N3O2S. The molecule has 1 N–H and O–H groups in total. The minimum absolute atomic E-state index is 0.0304. The van der Waals surface area contributed by atoms with Crippen LogP contribution in [0.4, 0.5) is 5.82 Å². The fraction of sp³-hybridized carbons (Fsp3) is 0.368. The highest BCUT2D eigenvalue weighted by molar-refractivity contribution is 8.00. The molecule has 0 unspecified atom stereocenters. The predicted octanol–water partition coefficient (Wildman–Crippen LogP) is 2.64. The minimum atomic E-state index is 0.0304. The lowest BCUT2D eigenvalue weighted by molar-refractivity contribution is -0.118. The third-order valence-electron chi connectivity index (χ3n) is 4.02. The number of pyridine rings is 1. The lowest BCUT2D eigenvalue weighted by Crippen LogP contribution is -2.36. The van der Waals surface area contributed by atoms with Crippen molar-refractivity contribution < 1.29 is 9.53 Å². The van der Waals surface area contributed by atoms with Crippen molar-refractivity contribution in [2.24, 2.45) is 0 Å². The molecule has 1 aliphatic rings. The topological polar surface area (TPSA) is 54.5 Å². The van der Waals surface area contributed by atoms with Crippen LogP contribution >= 0.6 is 11.8 Å². The molecule has 0 aliphatic carbocycles. The van der Waals surface area contributed by atoms with E-state index >= 15 is 0 Å². The van der Waals surface area contributed by atoms with E-state index in [1.165, 1.54) is 5.56 Å². The number of amides is 1. The van der Waals surface area contributed by atoms with Crippen LogP contribution in [0.1, 0.15) is 11.1 Å². The second-order valence-corrected chi connectivity index (χ2v) is 7.05. The fourth-order valence-corrected chi connectivity index (χ4v) is 3.26. The van der Waals surface area contributed by atoms with Gasteiger partial charge in [0.2, 0.25) is 5.91 Å². The van der Waals surface area contributed by atoms with Gasteiger partial charge in [-0.25, -0.2) is 4.98 Å². The van der Waals surface area contributed by atoms with E-state index in [4.69, 9.17) is 4.74 Å². The molecule has 0 saturated carbocycles. The second kappa shape index (κ2) is 8.87. The monoisotopic (exact) mass is 357 g/mol. The predicted molar refractivity (Wildman–Crippen MR) is 101 cm³/mol. The van der Waals surface area contributed by atoms with Crippen molar-refractivity contribution in [2.75, 3.05) is 37.0 Å². The van der Waals surface area contributed by atoms with E-state index in [0.717, 1.165) is 42.6 Å². The molecule has 2 aromatic rings. The first-order valence-electron chi connectivity index (χ1n) is 8.44. The van der Waals surface area contributed by atoms with Crippen LogP contribution in [-0.2, 0) is 16.1 Å². The highest BCUT2D eigenvalue weighted by Crippen LogP contribution is 2.18. The Hall–Kier alpha value is -2.05. The van der Waals surface area contributed by atoms with E-state index < -0.39 is 0 Å². The number of ether oxygens (including phenoxy) is 1. The summed E-state index contributed by atoms with van der Waals surface area (Å²) in [4.78, 5) is 19.8. The molecule has 1 aromatic heterocycles. The van der Waals surface area contributed by atoms with E-state index in [9.17, 15) is 4.79 Å². The Morgan fingerprint density at radius 1 is 1.20 bits per heavy atom. The molecule has 1 fully saturated rings. The molecule has 1 aliphatic heterocycles. The number of benzene rings is 1. The SMILES string of the molecule is Cc1ccc(SCC(=O)NCc2ccc(N3CCOCC3)nc2)cc1. The maximum atomic E-state index is 12.0. The average molecular weight is 357 g/mol. The van der Waals surface area contributed by atoms with Gasteiger partial charge in [0, 0.05) is 30.7 Å². The Bertz CT molecular complexity index is 683. The second-order valence-electron chi connectivity index (χ2n) is 6.00. The summed E-state index contributed by atoms with van der Waals surface area (Å²) >= 11 is 1.55. The van der Waals surface area contributed by atoms with Crippen LogP contribution in [0, 0.1) is 6.92 Å². The van der Waals surface area contributed by atoms with Gasteiger partial charge < -0.3 is 15.0 Å². The van der Waals surface area contributed by atoms with E-state index in [1.807, 2.05) is 30.5 Å². The van der Waals surface area contributed by atoms with Crippen molar-refractivity contribution in [1.82, 2.24) is 10.3 Å². The number of thioether (sulfide) groups is 1. The van der Waals surface area contributed by atoms with Crippen LogP contribution in [0.3, 0.4) is 0 Å². The van der Waals surface area contributed by atoms with Crippen molar-refractivity contribution in [1.29, 1.82) is 0 Å². The number of morpholine rings is 1. The van der Waals surface area contributed by atoms with Gasteiger partial charge in [-0.05, 0) is 30.7 Å². The molecule has 0 atom stereocenters. The summed E-state index contributed by atoms with van der Waals surface area (Å²) in [6, 6.07) is 12.2. The van der Waals surface area contributed by atoms with Gasteiger partial charge >= 0.3 is 0 Å². The molecule has 0 bridgehead atoms. The summed E-state index contributed by atoms with van der Waals surface area (Å²) in [5, 5.41) is 2.95. The Kier molecular flexibility index (Phi) is 6.30. The Morgan fingerprint density at radius 2 is 1.96 bits per heavy atom. The van der Waals surface area contributed by atoms with Gasteiger partial charge in [0.25, 0.3) is 0 Å². The first-order valence-corrected chi connectivity index (χ1v) is 9.43. The first kappa shape index (κ1) is 17.8. The Morgan fingerprint density at radius 3 is 2.64 bits per heavy atom. The van der Waals surface area contributed by atoms with Crippen LogP contribution in [0.15, 0.2) is 47.5 Å². The van der Waals surface area contributed by atoms with E-state index in [0.29, 0.717) is 12.3 Å². The number of aromatic nitrogens is 1. The number of carbonyl (C=O) groups is 1. The number of hydrogen-bond donors (Lipinski definition) is 1. The quantitative estimate of drug-likeness (QED) is 0.806. The van der Waals surface area contributed by atoms with E-state index in [1.54, 1.807) is 11.8 Å². The lowest BCUT2D eigenvalue weighted by atomic mass is 10.2. The Labute approximate surface area is 152 Å². The standard InChI is InChI=1S/C19H23N3O2S/c1-15-2-5-17(6-3-15)25-14-19(23)21-13-16-4-7-18(20-12-16)22-8-10-24-11-9-22/h2-7,12H,8-11,13-14H2,1H3,(H,21,23). The van der Waals surface area contributed by atoms with Gasteiger partial charge in [0.15, 0.2) is 0 Å². The highest BCUT2D eigenvalue weighted by atomic mass is 32.2. The van der Waals surface area contributed by atoms with Crippen molar-refractivity contribution in [3.63, 3.8) is 0 Å². The van der Waals surface area contributed by atoms with Crippen LogP contribution in [0.5, 0.6) is 0 Å². The minimum Gasteiger partial charge on any atom is -0.378 e. The number of hydrogen-bond acceptors (Lipinski definition) is 5. The molecule has 1 aromatic carbocycles. The normalized spacial score (nSPS) is 14.4. The number of nitrogens with zero attached hydrogens (tertiary/aromatic N) is 2. The van der Waals surface area contributed by atoms with Gasteiger partial charge in [-0.3, -0.25) is 4.79 Å². The fourth-order valence-electron chi connectivity index (χ4n) is 2.54. The number of rotatable bonds is 6. The molecule has 0 radical (unpaired) electrons. The molecular weight excluding hydrogens is 334 g/mol. The summed E-state index contributed by atoms with van der Waals surface area (Å²) in [7, 11) is 0. The highest BCUT2D eigenvalue weighted by Gasteiger charge is 2.12. The average Bonchev–Trinajstić information content (AvgIpc) is 2.67. The van der Waals surface area contributed by atoms with Gasteiger partial charge in [0.1, 0.15) is 5.82 Å². The van der Waals surface area contributed by atoms with E-state index in [2.05, 4.69) is 34.3 Å². The van der Waals surface area contributed by atoms with Gasteiger partial charge in [-0.2, -0.15) is 0 Å².